The van der Waals surface area contributed by atoms with Crippen LogP contribution in [-0.4, -0.2) is 36.4 Å². The van der Waals surface area contributed by atoms with E-state index in [1.54, 1.807) is 6.08 Å². The average Bonchev–Trinajstić information content (AvgIpc) is 2.45. The standard InChI is InChI=1S/C9H15NO3/c1-7-8(4-6-13-7)10-5-2-3-9(11)12/h2-3,7-8,10H,4-6H2,1H3,(H,11,12)/b3-2+/t7-,8?/m0/s1. The zero-order chi connectivity index (χ0) is 9.68. The van der Waals surface area contributed by atoms with E-state index in [0.717, 1.165) is 19.1 Å². The molecule has 1 heterocycles. The minimum absolute atomic E-state index is 0.234. The van der Waals surface area contributed by atoms with Crippen LogP contribution in [-0.2, 0) is 9.53 Å². The maximum atomic E-state index is 10.1. The van der Waals surface area contributed by atoms with Gasteiger partial charge in [0.15, 0.2) is 0 Å². The molecule has 1 rings (SSSR count). The van der Waals surface area contributed by atoms with Crippen molar-refractivity contribution in [3.63, 3.8) is 0 Å². The van der Waals surface area contributed by atoms with Crippen molar-refractivity contribution in [1.82, 2.24) is 5.32 Å². The second kappa shape index (κ2) is 4.99. The first-order valence-electron chi connectivity index (χ1n) is 4.44. The molecule has 4 nitrogen and oxygen atoms in total. The normalized spacial score (nSPS) is 28.4. The molecule has 1 fully saturated rings. The van der Waals surface area contributed by atoms with Gasteiger partial charge in [-0.2, -0.15) is 0 Å². The van der Waals surface area contributed by atoms with Gasteiger partial charge in [0, 0.05) is 25.3 Å². The molecule has 2 atom stereocenters. The molecule has 1 unspecified atom stereocenters. The molecular formula is C9H15NO3. The molecule has 1 aliphatic rings. The Morgan fingerprint density at radius 1 is 1.77 bits per heavy atom. The first-order valence-corrected chi connectivity index (χ1v) is 4.44. The predicted octanol–water partition coefficient (Wildman–Crippen LogP) is 0.394. The van der Waals surface area contributed by atoms with Crippen LogP contribution in [0.25, 0.3) is 0 Å². The molecule has 0 aromatic heterocycles. The van der Waals surface area contributed by atoms with E-state index >= 15 is 0 Å². The summed E-state index contributed by atoms with van der Waals surface area (Å²) in [6, 6.07) is 0.360. The van der Waals surface area contributed by atoms with E-state index in [0.29, 0.717) is 12.6 Å². The Morgan fingerprint density at radius 2 is 2.54 bits per heavy atom. The molecular weight excluding hydrogens is 170 g/mol. The predicted molar refractivity (Wildman–Crippen MR) is 48.6 cm³/mol. The molecule has 0 aliphatic carbocycles. The fraction of sp³-hybridized carbons (Fsp3) is 0.667. The molecule has 1 saturated heterocycles. The molecule has 13 heavy (non-hydrogen) atoms. The number of nitrogens with one attached hydrogen (secondary N) is 1. The quantitative estimate of drug-likeness (QED) is 0.622. The van der Waals surface area contributed by atoms with Crippen LogP contribution >= 0.6 is 0 Å². The van der Waals surface area contributed by atoms with Crippen molar-refractivity contribution >= 4 is 5.97 Å². The lowest BCUT2D eigenvalue weighted by Gasteiger charge is -2.13. The van der Waals surface area contributed by atoms with Crippen molar-refractivity contribution in [3.05, 3.63) is 12.2 Å². The Balaban J connectivity index is 2.15. The second-order valence-corrected chi connectivity index (χ2v) is 3.12. The highest BCUT2D eigenvalue weighted by molar-refractivity contribution is 5.79. The Hall–Kier alpha value is -0.870. The highest BCUT2D eigenvalue weighted by atomic mass is 16.5. The first kappa shape index (κ1) is 10.2. The molecule has 0 aromatic rings. The third-order valence-corrected chi connectivity index (χ3v) is 2.13. The van der Waals surface area contributed by atoms with Gasteiger partial charge >= 0.3 is 5.97 Å². The number of hydrogen-bond acceptors (Lipinski definition) is 3. The molecule has 0 bridgehead atoms. The fourth-order valence-corrected chi connectivity index (χ4v) is 1.38. The number of carboxylic acids is 1. The summed E-state index contributed by atoms with van der Waals surface area (Å²) in [4.78, 5) is 10.1. The number of rotatable bonds is 4. The van der Waals surface area contributed by atoms with Crippen LogP contribution in [0.1, 0.15) is 13.3 Å². The minimum atomic E-state index is -0.905. The SMILES string of the molecule is C[C@@H]1OCCC1NC/C=C/C(=O)O. The van der Waals surface area contributed by atoms with Crippen LogP contribution in [0.3, 0.4) is 0 Å². The highest BCUT2D eigenvalue weighted by Gasteiger charge is 2.22. The maximum absolute atomic E-state index is 10.1. The third kappa shape index (κ3) is 3.57. The van der Waals surface area contributed by atoms with Gasteiger partial charge in [-0.3, -0.25) is 0 Å². The Labute approximate surface area is 77.6 Å². The van der Waals surface area contributed by atoms with Crippen molar-refractivity contribution in [2.45, 2.75) is 25.5 Å². The first-order chi connectivity index (χ1) is 6.20. The van der Waals surface area contributed by atoms with E-state index in [4.69, 9.17) is 9.84 Å². The van der Waals surface area contributed by atoms with Crippen LogP contribution in [0.15, 0.2) is 12.2 Å². The van der Waals surface area contributed by atoms with Crippen LogP contribution in [0.5, 0.6) is 0 Å². The van der Waals surface area contributed by atoms with Gasteiger partial charge in [-0.1, -0.05) is 6.08 Å². The third-order valence-electron chi connectivity index (χ3n) is 2.13. The lowest BCUT2D eigenvalue weighted by atomic mass is 10.1. The van der Waals surface area contributed by atoms with Gasteiger partial charge in [-0.25, -0.2) is 4.79 Å². The van der Waals surface area contributed by atoms with Crippen molar-refractivity contribution in [3.8, 4) is 0 Å². The molecule has 74 valence electrons. The number of carboxylic acid groups (broad SMARTS) is 1. The molecule has 0 radical (unpaired) electrons. The zero-order valence-corrected chi connectivity index (χ0v) is 7.69. The summed E-state index contributed by atoms with van der Waals surface area (Å²) in [7, 11) is 0. The van der Waals surface area contributed by atoms with Gasteiger partial charge in [0.25, 0.3) is 0 Å². The number of ether oxygens (including phenoxy) is 1. The van der Waals surface area contributed by atoms with Crippen molar-refractivity contribution < 1.29 is 14.6 Å². The average molecular weight is 185 g/mol. The van der Waals surface area contributed by atoms with E-state index in [9.17, 15) is 4.79 Å². The number of hydrogen-bond donors (Lipinski definition) is 2. The van der Waals surface area contributed by atoms with Crippen LogP contribution in [0.4, 0.5) is 0 Å². The van der Waals surface area contributed by atoms with Crippen molar-refractivity contribution in [1.29, 1.82) is 0 Å². The van der Waals surface area contributed by atoms with Crippen LogP contribution in [0.2, 0.25) is 0 Å². The van der Waals surface area contributed by atoms with Gasteiger partial charge in [0.05, 0.1) is 6.10 Å². The number of aliphatic carboxylic acids is 1. The Bertz CT molecular complexity index is 203. The van der Waals surface area contributed by atoms with Crippen LogP contribution < -0.4 is 5.32 Å². The monoisotopic (exact) mass is 185 g/mol. The van der Waals surface area contributed by atoms with E-state index < -0.39 is 5.97 Å². The van der Waals surface area contributed by atoms with E-state index in [2.05, 4.69) is 5.32 Å². The van der Waals surface area contributed by atoms with E-state index in [1.165, 1.54) is 0 Å². The second-order valence-electron chi connectivity index (χ2n) is 3.12. The highest BCUT2D eigenvalue weighted by Crippen LogP contribution is 2.11. The van der Waals surface area contributed by atoms with Gasteiger partial charge in [0.1, 0.15) is 0 Å². The summed E-state index contributed by atoms with van der Waals surface area (Å²) >= 11 is 0. The molecule has 0 saturated carbocycles. The number of carbonyl (C=O) groups is 1. The lowest BCUT2D eigenvalue weighted by molar-refractivity contribution is -0.131. The van der Waals surface area contributed by atoms with E-state index in [-0.39, 0.29) is 6.10 Å². The van der Waals surface area contributed by atoms with Gasteiger partial charge < -0.3 is 15.2 Å². The topological polar surface area (TPSA) is 58.6 Å². The van der Waals surface area contributed by atoms with Gasteiger partial charge in [-0.15, -0.1) is 0 Å². The van der Waals surface area contributed by atoms with Crippen molar-refractivity contribution in [2.75, 3.05) is 13.2 Å². The summed E-state index contributed by atoms with van der Waals surface area (Å²) in [5, 5.41) is 11.5. The van der Waals surface area contributed by atoms with Gasteiger partial charge in [0.2, 0.25) is 0 Å². The molecule has 2 N–H and O–H groups in total. The summed E-state index contributed by atoms with van der Waals surface area (Å²) in [6.45, 7) is 3.40. The summed E-state index contributed by atoms with van der Waals surface area (Å²) in [5.74, 6) is -0.905. The Morgan fingerprint density at radius 3 is 3.08 bits per heavy atom. The van der Waals surface area contributed by atoms with Crippen LogP contribution in [0, 0.1) is 0 Å². The summed E-state index contributed by atoms with van der Waals surface area (Å²) in [5.41, 5.74) is 0. The Kier molecular flexibility index (Phi) is 3.92. The molecule has 0 aromatic carbocycles. The smallest absolute Gasteiger partial charge is 0.328 e. The summed E-state index contributed by atoms with van der Waals surface area (Å²) in [6.07, 6.45) is 3.99. The van der Waals surface area contributed by atoms with Crippen molar-refractivity contribution in [2.24, 2.45) is 0 Å². The minimum Gasteiger partial charge on any atom is -0.478 e. The van der Waals surface area contributed by atoms with E-state index in [1.807, 2.05) is 6.92 Å². The molecule has 0 amide bonds. The molecule has 0 spiro atoms. The fourth-order valence-electron chi connectivity index (χ4n) is 1.38. The largest absolute Gasteiger partial charge is 0.478 e. The molecule has 1 aliphatic heterocycles. The zero-order valence-electron chi connectivity index (χ0n) is 7.69. The lowest BCUT2D eigenvalue weighted by Crippen LogP contribution is -2.34. The summed E-state index contributed by atoms with van der Waals surface area (Å²) < 4.78 is 5.34. The molecule has 4 heteroatoms. The maximum Gasteiger partial charge on any atom is 0.328 e. The van der Waals surface area contributed by atoms with Gasteiger partial charge in [-0.05, 0) is 13.3 Å².